The summed E-state index contributed by atoms with van der Waals surface area (Å²) in [6.07, 6.45) is 1.24. The monoisotopic (exact) mass is 222 g/mol. The van der Waals surface area contributed by atoms with E-state index in [1.807, 2.05) is 0 Å². The zero-order valence-electron chi connectivity index (χ0n) is 8.68. The van der Waals surface area contributed by atoms with Crippen LogP contribution in [-0.4, -0.2) is 54.9 Å². The van der Waals surface area contributed by atoms with Crippen molar-refractivity contribution in [3.63, 3.8) is 0 Å². The summed E-state index contributed by atoms with van der Waals surface area (Å²) in [6.45, 7) is 2.94. The Bertz CT molecular complexity index is 270. The highest BCUT2D eigenvalue weighted by atomic mass is 32.2. The summed E-state index contributed by atoms with van der Waals surface area (Å²) in [7, 11) is -1.83. The molecule has 1 atom stereocenters. The second-order valence-electron chi connectivity index (χ2n) is 3.74. The summed E-state index contributed by atoms with van der Waals surface area (Å²) in [5, 5.41) is 9.10. The van der Waals surface area contributed by atoms with Crippen LogP contribution in [0.3, 0.4) is 0 Å². The number of aliphatic hydroxyl groups excluding tert-OH is 1. The van der Waals surface area contributed by atoms with E-state index < -0.39 is 16.3 Å². The lowest BCUT2D eigenvalue weighted by molar-refractivity contribution is 0.168. The van der Waals surface area contributed by atoms with Crippen LogP contribution in [0.5, 0.6) is 0 Å². The van der Waals surface area contributed by atoms with Gasteiger partial charge in [-0.15, -0.1) is 0 Å². The van der Waals surface area contributed by atoms with Crippen LogP contribution in [0.15, 0.2) is 0 Å². The summed E-state index contributed by atoms with van der Waals surface area (Å²) in [5.74, 6) is 0. The minimum absolute atomic E-state index is 0.152. The lowest BCUT2D eigenvalue weighted by Crippen LogP contribution is -2.42. The molecule has 0 aromatic carbocycles. The first-order chi connectivity index (χ1) is 6.44. The Morgan fingerprint density at radius 2 is 1.93 bits per heavy atom. The molecule has 1 rings (SSSR count). The Balaban J connectivity index is 2.63. The van der Waals surface area contributed by atoms with Gasteiger partial charge in [0.25, 0.3) is 10.2 Å². The molecule has 0 aliphatic carbocycles. The van der Waals surface area contributed by atoms with Crippen molar-refractivity contribution in [2.75, 3.05) is 26.7 Å². The Kier molecular flexibility index (Phi) is 3.88. The van der Waals surface area contributed by atoms with Crippen LogP contribution in [0.25, 0.3) is 0 Å². The minimum atomic E-state index is -3.33. The molecule has 6 heteroatoms. The number of nitrogens with zero attached hydrogens (tertiary/aromatic N) is 2. The third-order valence-corrected chi connectivity index (χ3v) is 4.26. The third kappa shape index (κ3) is 2.66. The summed E-state index contributed by atoms with van der Waals surface area (Å²) < 4.78 is 26.3. The van der Waals surface area contributed by atoms with Crippen LogP contribution >= 0.6 is 0 Å². The third-order valence-electron chi connectivity index (χ3n) is 2.31. The van der Waals surface area contributed by atoms with Crippen LogP contribution in [0, 0.1) is 0 Å². The van der Waals surface area contributed by atoms with Crippen molar-refractivity contribution in [2.45, 2.75) is 25.9 Å². The SMILES string of the molecule is CC(O)CN(C)S(=O)(=O)N1CCCC1. The van der Waals surface area contributed by atoms with E-state index in [0.29, 0.717) is 13.1 Å². The van der Waals surface area contributed by atoms with Gasteiger partial charge in [-0.05, 0) is 19.8 Å². The average molecular weight is 222 g/mol. The Labute approximate surface area is 85.5 Å². The van der Waals surface area contributed by atoms with Crippen LogP contribution in [0.1, 0.15) is 19.8 Å². The van der Waals surface area contributed by atoms with E-state index in [9.17, 15) is 8.42 Å². The fourth-order valence-corrected chi connectivity index (χ4v) is 3.10. The van der Waals surface area contributed by atoms with Crippen molar-refractivity contribution in [3.8, 4) is 0 Å². The smallest absolute Gasteiger partial charge is 0.281 e. The molecule has 1 fully saturated rings. The Morgan fingerprint density at radius 3 is 2.36 bits per heavy atom. The minimum Gasteiger partial charge on any atom is -0.392 e. The molecule has 5 nitrogen and oxygen atoms in total. The molecule has 1 N–H and O–H groups in total. The number of hydrogen-bond acceptors (Lipinski definition) is 3. The molecule has 1 unspecified atom stereocenters. The molecule has 0 saturated carbocycles. The van der Waals surface area contributed by atoms with E-state index in [-0.39, 0.29) is 6.54 Å². The largest absolute Gasteiger partial charge is 0.392 e. The highest BCUT2D eigenvalue weighted by Gasteiger charge is 2.29. The second-order valence-corrected chi connectivity index (χ2v) is 5.78. The van der Waals surface area contributed by atoms with Gasteiger partial charge in [-0.1, -0.05) is 0 Å². The number of hydrogen-bond donors (Lipinski definition) is 1. The number of aliphatic hydroxyl groups is 1. The fraction of sp³-hybridized carbons (Fsp3) is 1.00. The molecule has 0 spiro atoms. The number of likely N-dealkylation sites (N-methyl/N-ethyl adjacent to an activating group) is 1. The van der Waals surface area contributed by atoms with Crippen molar-refractivity contribution >= 4 is 10.2 Å². The van der Waals surface area contributed by atoms with Crippen LogP contribution in [0.2, 0.25) is 0 Å². The molecule has 0 radical (unpaired) electrons. The van der Waals surface area contributed by atoms with Crippen molar-refractivity contribution in [3.05, 3.63) is 0 Å². The van der Waals surface area contributed by atoms with Crippen molar-refractivity contribution in [1.82, 2.24) is 8.61 Å². The summed E-state index contributed by atoms with van der Waals surface area (Å²) in [5.41, 5.74) is 0. The van der Waals surface area contributed by atoms with E-state index in [2.05, 4.69) is 0 Å². The van der Waals surface area contributed by atoms with Gasteiger partial charge in [0, 0.05) is 26.7 Å². The Hall–Kier alpha value is -0.170. The lowest BCUT2D eigenvalue weighted by atomic mass is 10.4. The highest BCUT2D eigenvalue weighted by molar-refractivity contribution is 7.86. The predicted molar refractivity (Wildman–Crippen MR) is 54.0 cm³/mol. The lowest BCUT2D eigenvalue weighted by Gasteiger charge is -2.24. The Morgan fingerprint density at radius 1 is 1.43 bits per heavy atom. The van der Waals surface area contributed by atoms with Crippen molar-refractivity contribution in [2.24, 2.45) is 0 Å². The highest BCUT2D eigenvalue weighted by Crippen LogP contribution is 2.15. The van der Waals surface area contributed by atoms with Crippen LogP contribution < -0.4 is 0 Å². The molecule has 1 saturated heterocycles. The van der Waals surface area contributed by atoms with Gasteiger partial charge in [0.05, 0.1) is 6.10 Å². The average Bonchev–Trinajstić information content (AvgIpc) is 2.54. The van der Waals surface area contributed by atoms with Gasteiger partial charge in [0.2, 0.25) is 0 Å². The summed E-state index contributed by atoms with van der Waals surface area (Å²) >= 11 is 0. The summed E-state index contributed by atoms with van der Waals surface area (Å²) in [6, 6.07) is 0. The zero-order chi connectivity index (χ0) is 10.8. The second kappa shape index (κ2) is 4.57. The predicted octanol–water partition coefficient (Wildman–Crippen LogP) is -0.360. The molecule has 1 aliphatic heterocycles. The first-order valence-electron chi connectivity index (χ1n) is 4.84. The quantitative estimate of drug-likeness (QED) is 0.706. The molecule has 0 bridgehead atoms. The van der Waals surface area contributed by atoms with Crippen molar-refractivity contribution < 1.29 is 13.5 Å². The van der Waals surface area contributed by atoms with Gasteiger partial charge in [-0.2, -0.15) is 17.0 Å². The molecular weight excluding hydrogens is 204 g/mol. The van der Waals surface area contributed by atoms with Gasteiger partial charge >= 0.3 is 0 Å². The van der Waals surface area contributed by atoms with Crippen LogP contribution in [-0.2, 0) is 10.2 Å². The molecular formula is C8H18N2O3S. The molecule has 84 valence electrons. The molecule has 0 aromatic heterocycles. The standard InChI is InChI=1S/C8H18N2O3S/c1-8(11)7-9(2)14(12,13)10-5-3-4-6-10/h8,11H,3-7H2,1-2H3. The first kappa shape index (κ1) is 11.9. The maximum Gasteiger partial charge on any atom is 0.281 e. The maximum absolute atomic E-state index is 11.8. The van der Waals surface area contributed by atoms with Crippen molar-refractivity contribution in [1.29, 1.82) is 0 Å². The van der Waals surface area contributed by atoms with Gasteiger partial charge < -0.3 is 5.11 Å². The van der Waals surface area contributed by atoms with E-state index in [4.69, 9.17) is 5.11 Å². The van der Waals surface area contributed by atoms with Gasteiger partial charge in [0.1, 0.15) is 0 Å². The van der Waals surface area contributed by atoms with E-state index in [0.717, 1.165) is 12.8 Å². The molecule has 14 heavy (non-hydrogen) atoms. The zero-order valence-corrected chi connectivity index (χ0v) is 9.50. The fourth-order valence-electron chi connectivity index (χ4n) is 1.58. The molecule has 1 aliphatic rings. The first-order valence-corrected chi connectivity index (χ1v) is 6.24. The molecule has 0 aromatic rings. The van der Waals surface area contributed by atoms with Gasteiger partial charge in [-0.3, -0.25) is 0 Å². The topological polar surface area (TPSA) is 60.9 Å². The van der Waals surface area contributed by atoms with Gasteiger partial charge in [-0.25, -0.2) is 0 Å². The molecule has 0 amide bonds. The van der Waals surface area contributed by atoms with E-state index in [1.54, 1.807) is 6.92 Å². The summed E-state index contributed by atoms with van der Waals surface area (Å²) in [4.78, 5) is 0. The molecule has 1 heterocycles. The number of rotatable bonds is 4. The van der Waals surface area contributed by atoms with Crippen LogP contribution in [0.4, 0.5) is 0 Å². The maximum atomic E-state index is 11.8. The normalized spacial score (nSPS) is 21.7. The van der Waals surface area contributed by atoms with Gasteiger partial charge in [0.15, 0.2) is 0 Å². The van der Waals surface area contributed by atoms with E-state index >= 15 is 0 Å². The van der Waals surface area contributed by atoms with E-state index in [1.165, 1.54) is 15.7 Å².